The minimum atomic E-state index is 0.605. The average molecular weight is 178 g/mol. The van der Waals surface area contributed by atoms with Crippen LogP contribution in [0, 0.1) is 0 Å². The second-order valence-corrected chi connectivity index (χ2v) is 3.33. The summed E-state index contributed by atoms with van der Waals surface area (Å²) in [6, 6.07) is 0. The second kappa shape index (κ2) is 3.70. The maximum absolute atomic E-state index is 5.35. The Morgan fingerprint density at radius 1 is 1.38 bits per heavy atom. The average Bonchev–Trinajstić information content (AvgIpc) is 2.99. The zero-order chi connectivity index (χ0) is 9.10. The Bertz CT molecular complexity index is 265. The van der Waals surface area contributed by atoms with E-state index in [1.54, 1.807) is 0 Å². The van der Waals surface area contributed by atoms with Crippen molar-refractivity contribution < 1.29 is 0 Å². The fourth-order valence-corrected chi connectivity index (χ4v) is 1.24. The lowest BCUT2D eigenvalue weighted by molar-refractivity contribution is 0.971. The van der Waals surface area contributed by atoms with Gasteiger partial charge in [0.25, 0.3) is 0 Å². The molecule has 4 heteroatoms. The predicted molar refractivity (Wildman–Crippen MR) is 51.6 cm³/mol. The Balaban J connectivity index is 1.96. The van der Waals surface area contributed by atoms with Gasteiger partial charge in [0.2, 0.25) is 5.95 Å². The molecule has 0 bridgehead atoms. The standard InChI is InChI=1S/C9H14N4/c10-3-4-11-9-12-5-8(6-13-9)7-1-2-7/h5-7H,1-4,10H2,(H,11,12,13). The molecule has 1 fully saturated rings. The number of hydrogen-bond acceptors (Lipinski definition) is 4. The van der Waals surface area contributed by atoms with Crippen LogP contribution in [-0.4, -0.2) is 23.1 Å². The van der Waals surface area contributed by atoms with E-state index in [1.165, 1.54) is 18.4 Å². The van der Waals surface area contributed by atoms with Gasteiger partial charge in [0.05, 0.1) is 0 Å². The van der Waals surface area contributed by atoms with Crippen molar-refractivity contribution in [2.45, 2.75) is 18.8 Å². The van der Waals surface area contributed by atoms with Crippen LogP contribution < -0.4 is 11.1 Å². The van der Waals surface area contributed by atoms with E-state index in [1.807, 2.05) is 12.4 Å². The van der Waals surface area contributed by atoms with Gasteiger partial charge < -0.3 is 11.1 Å². The van der Waals surface area contributed by atoms with Gasteiger partial charge in [-0.25, -0.2) is 9.97 Å². The van der Waals surface area contributed by atoms with Crippen LogP contribution in [0.15, 0.2) is 12.4 Å². The fourth-order valence-electron chi connectivity index (χ4n) is 1.24. The first kappa shape index (κ1) is 8.44. The van der Waals surface area contributed by atoms with Gasteiger partial charge in [-0.1, -0.05) is 0 Å². The largest absolute Gasteiger partial charge is 0.353 e. The molecule has 1 heterocycles. The molecular weight excluding hydrogens is 164 g/mol. The third-order valence-electron chi connectivity index (χ3n) is 2.15. The summed E-state index contributed by atoms with van der Waals surface area (Å²) in [6.45, 7) is 1.33. The quantitative estimate of drug-likeness (QED) is 0.713. The molecule has 70 valence electrons. The number of nitrogens with two attached hydrogens (primary N) is 1. The lowest BCUT2D eigenvalue weighted by Gasteiger charge is -2.02. The smallest absolute Gasteiger partial charge is 0.222 e. The van der Waals surface area contributed by atoms with Crippen molar-refractivity contribution in [3.05, 3.63) is 18.0 Å². The Hall–Kier alpha value is -1.16. The molecule has 1 aromatic heterocycles. The number of rotatable bonds is 4. The molecule has 0 spiro atoms. The van der Waals surface area contributed by atoms with Gasteiger partial charge in [0, 0.05) is 25.5 Å². The zero-order valence-corrected chi connectivity index (χ0v) is 7.53. The number of aromatic nitrogens is 2. The van der Waals surface area contributed by atoms with E-state index >= 15 is 0 Å². The molecule has 1 saturated carbocycles. The van der Waals surface area contributed by atoms with Crippen LogP contribution in [0.2, 0.25) is 0 Å². The van der Waals surface area contributed by atoms with Gasteiger partial charge >= 0.3 is 0 Å². The van der Waals surface area contributed by atoms with E-state index in [9.17, 15) is 0 Å². The van der Waals surface area contributed by atoms with Gasteiger partial charge in [0.15, 0.2) is 0 Å². The molecule has 0 atom stereocenters. The summed E-state index contributed by atoms with van der Waals surface area (Å²) in [5, 5.41) is 3.03. The highest BCUT2D eigenvalue weighted by atomic mass is 15.1. The molecule has 0 saturated heterocycles. The summed E-state index contributed by atoms with van der Waals surface area (Å²) >= 11 is 0. The van der Waals surface area contributed by atoms with Crippen molar-refractivity contribution in [2.75, 3.05) is 18.4 Å². The van der Waals surface area contributed by atoms with Crippen molar-refractivity contribution in [2.24, 2.45) is 5.73 Å². The monoisotopic (exact) mass is 178 g/mol. The molecule has 0 aromatic carbocycles. The molecule has 1 aliphatic carbocycles. The molecule has 1 aliphatic rings. The van der Waals surface area contributed by atoms with Gasteiger partial charge in [-0.2, -0.15) is 0 Å². The minimum absolute atomic E-state index is 0.605. The number of nitrogens with zero attached hydrogens (tertiary/aromatic N) is 2. The molecular formula is C9H14N4. The van der Waals surface area contributed by atoms with Crippen LogP contribution in [0.3, 0.4) is 0 Å². The van der Waals surface area contributed by atoms with Crippen LogP contribution in [0.5, 0.6) is 0 Å². The van der Waals surface area contributed by atoms with Gasteiger partial charge in [-0.15, -0.1) is 0 Å². The van der Waals surface area contributed by atoms with Crippen molar-refractivity contribution in [1.82, 2.24) is 9.97 Å². The summed E-state index contributed by atoms with van der Waals surface area (Å²) in [6.07, 6.45) is 6.39. The van der Waals surface area contributed by atoms with Gasteiger partial charge in [-0.3, -0.25) is 0 Å². The first-order valence-electron chi connectivity index (χ1n) is 4.66. The van der Waals surface area contributed by atoms with E-state index in [4.69, 9.17) is 5.73 Å². The van der Waals surface area contributed by atoms with Crippen LogP contribution in [0.1, 0.15) is 24.3 Å². The van der Waals surface area contributed by atoms with Crippen molar-refractivity contribution in [1.29, 1.82) is 0 Å². The lowest BCUT2D eigenvalue weighted by Crippen LogP contribution is -2.14. The van der Waals surface area contributed by atoms with Gasteiger partial charge in [-0.05, 0) is 24.3 Å². The summed E-state index contributed by atoms with van der Waals surface area (Å²) in [5.74, 6) is 1.40. The highest BCUT2D eigenvalue weighted by molar-refractivity contribution is 5.27. The summed E-state index contributed by atoms with van der Waals surface area (Å²) in [4.78, 5) is 8.40. The first-order valence-corrected chi connectivity index (χ1v) is 4.66. The maximum Gasteiger partial charge on any atom is 0.222 e. The summed E-state index contributed by atoms with van der Waals surface area (Å²) in [5.41, 5.74) is 6.61. The topological polar surface area (TPSA) is 63.8 Å². The van der Waals surface area contributed by atoms with Crippen LogP contribution >= 0.6 is 0 Å². The van der Waals surface area contributed by atoms with E-state index in [0.29, 0.717) is 12.5 Å². The predicted octanol–water partition coefficient (Wildman–Crippen LogP) is 0.725. The van der Waals surface area contributed by atoms with Crippen molar-refractivity contribution in [3.63, 3.8) is 0 Å². The normalized spacial score (nSPS) is 15.8. The molecule has 0 amide bonds. The fraction of sp³-hybridized carbons (Fsp3) is 0.556. The maximum atomic E-state index is 5.35. The lowest BCUT2D eigenvalue weighted by atomic mass is 10.2. The molecule has 0 aliphatic heterocycles. The number of hydrogen-bond donors (Lipinski definition) is 2. The number of nitrogens with one attached hydrogen (secondary N) is 1. The molecule has 0 radical (unpaired) electrons. The first-order chi connectivity index (χ1) is 6.40. The van der Waals surface area contributed by atoms with E-state index in [2.05, 4.69) is 15.3 Å². The van der Waals surface area contributed by atoms with Crippen molar-refractivity contribution >= 4 is 5.95 Å². The molecule has 3 N–H and O–H groups in total. The Kier molecular flexibility index (Phi) is 2.40. The van der Waals surface area contributed by atoms with E-state index in [-0.39, 0.29) is 0 Å². The highest BCUT2D eigenvalue weighted by Gasteiger charge is 2.23. The van der Waals surface area contributed by atoms with Crippen LogP contribution in [0.25, 0.3) is 0 Å². The Labute approximate surface area is 77.6 Å². The van der Waals surface area contributed by atoms with Crippen LogP contribution in [-0.2, 0) is 0 Å². The summed E-state index contributed by atoms with van der Waals surface area (Å²) < 4.78 is 0. The third kappa shape index (κ3) is 2.15. The highest BCUT2D eigenvalue weighted by Crippen LogP contribution is 2.39. The molecule has 0 unspecified atom stereocenters. The van der Waals surface area contributed by atoms with E-state index in [0.717, 1.165) is 12.5 Å². The van der Waals surface area contributed by atoms with Gasteiger partial charge in [0.1, 0.15) is 0 Å². The van der Waals surface area contributed by atoms with Crippen LogP contribution in [0.4, 0.5) is 5.95 Å². The third-order valence-corrected chi connectivity index (χ3v) is 2.15. The molecule has 1 aromatic rings. The van der Waals surface area contributed by atoms with Crippen molar-refractivity contribution in [3.8, 4) is 0 Å². The Morgan fingerprint density at radius 3 is 2.62 bits per heavy atom. The molecule has 2 rings (SSSR count). The Morgan fingerprint density at radius 2 is 2.08 bits per heavy atom. The second-order valence-electron chi connectivity index (χ2n) is 3.33. The minimum Gasteiger partial charge on any atom is -0.353 e. The summed E-state index contributed by atoms with van der Waals surface area (Å²) in [7, 11) is 0. The van der Waals surface area contributed by atoms with E-state index < -0.39 is 0 Å². The SMILES string of the molecule is NCCNc1ncc(C2CC2)cn1. The molecule has 4 nitrogen and oxygen atoms in total. The zero-order valence-electron chi connectivity index (χ0n) is 7.53. The number of anilines is 1. The molecule has 13 heavy (non-hydrogen) atoms.